The summed E-state index contributed by atoms with van der Waals surface area (Å²) in [6, 6.07) is 0.0610. The van der Waals surface area contributed by atoms with Crippen LogP contribution in [0, 0.1) is 0 Å². The van der Waals surface area contributed by atoms with Gasteiger partial charge in [0.05, 0.1) is 6.04 Å². The summed E-state index contributed by atoms with van der Waals surface area (Å²) in [7, 11) is 0. The van der Waals surface area contributed by atoms with E-state index in [4.69, 9.17) is 0 Å². The fourth-order valence-corrected chi connectivity index (χ4v) is 2.81. The van der Waals surface area contributed by atoms with Crippen molar-refractivity contribution in [3.63, 3.8) is 0 Å². The molecule has 0 bridgehead atoms. The van der Waals surface area contributed by atoms with Crippen LogP contribution in [0.25, 0.3) is 0 Å². The first-order chi connectivity index (χ1) is 6.77. The van der Waals surface area contributed by atoms with Gasteiger partial charge in [0.2, 0.25) is 5.91 Å². The van der Waals surface area contributed by atoms with Gasteiger partial charge in [-0.25, -0.2) is 0 Å². The molecule has 0 aromatic heterocycles. The summed E-state index contributed by atoms with van der Waals surface area (Å²) in [6.07, 6.45) is 3.23. The van der Waals surface area contributed by atoms with E-state index in [1.54, 1.807) is 11.8 Å². The minimum absolute atomic E-state index is 0.0610. The van der Waals surface area contributed by atoms with Crippen LogP contribution in [-0.2, 0) is 4.79 Å². The van der Waals surface area contributed by atoms with Gasteiger partial charge in [-0.15, -0.1) is 11.8 Å². The van der Waals surface area contributed by atoms with E-state index in [2.05, 4.69) is 18.3 Å². The van der Waals surface area contributed by atoms with Crippen LogP contribution in [0.2, 0.25) is 0 Å². The number of hydrogen-bond acceptors (Lipinski definition) is 3. The van der Waals surface area contributed by atoms with Crippen LogP contribution < -0.4 is 5.32 Å². The van der Waals surface area contributed by atoms with Gasteiger partial charge in [-0.2, -0.15) is 0 Å². The Labute approximate surface area is 88.9 Å². The molecule has 14 heavy (non-hydrogen) atoms. The van der Waals surface area contributed by atoms with E-state index in [0.717, 1.165) is 31.1 Å². The van der Waals surface area contributed by atoms with Crippen molar-refractivity contribution in [3.05, 3.63) is 11.6 Å². The maximum Gasteiger partial charge on any atom is 0.240 e. The molecule has 4 heteroatoms. The quantitative estimate of drug-likeness (QED) is 0.653. The van der Waals surface area contributed by atoms with Gasteiger partial charge in [-0.05, 0) is 13.3 Å². The van der Waals surface area contributed by atoms with Gasteiger partial charge in [0.1, 0.15) is 0 Å². The molecule has 1 amide bonds. The summed E-state index contributed by atoms with van der Waals surface area (Å²) in [6.45, 7) is 3.80. The SMILES string of the molecule is CC1=CCCN(C(=O)C2CSCN2)C1. The van der Waals surface area contributed by atoms with Crippen molar-refractivity contribution < 1.29 is 4.79 Å². The van der Waals surface area contributed by atoms with Crippen molar-refractivity contribution in [1.29, 1.82) is 0 Å². The third kappa shape index (κ3) is 2.12. The summed E-state index contributed by atoms with van der Waals surface area (Å²) in [5.41, 5.74) is 1.32. The first kappa shape index (κ1) is 10.1. The minimum Gasteiger partial charge on any atom is -0.337 e. The van der Waals surface area contributed by atoms with Crippen LogP contribution in [0.3, 0.4) is 0 Å². The number of nitrogens with one attached hydrogen (secondary N) is 1. The van der Waals surface area contributed by atoms with E-state index in [1.165, 1.54) is 5.57 Å². The molecule has 1 N–H and O–H groups in total. The molecule has 0 aliphatic carbocycles. The van der Waals surface area contributed by atoms with Crippen molar-refractivity contribution in [2.45, 2.75) is 19.4 Å². The van der Waals surface area contributed by atoms with Crippen molar-refractivity contribution in [3.8, 4) is 0 Å². The van der Waals surface area contributed by atoms with E-state index in [0.29, 0.717) is 0 Å². The highest BCUT2D eigenvalue weighted by Gasteiger charge is 2.27. The third-order valence-electron chi connectivity index (χ3n) is 2.66. The van der Waals surface area contributed by atoms with E-state index >= 15 is 0 Å². The number of hydrogen-bond donors (Lipinski definition) is 1. The molecule has 2 heterocycles. The van der Waals surface area contributed by atoms with Gasteiger partial charge in [0.25, 0.3) is 0 Å². The van der Waals surface area contributed by atoms with Crippen LogP contribution in [0.15, 0.2) is 11.6 Å². The van der Waals surface area contributed by atoms with Gasteiger partial charge in [0, 0.05) is 24.7 Å². The van der Waals surface area contributed by atoms with Crippen LogP contribution in [0.4, 0.5) is 0 Å². The van der Waals surface area contributed by atoms with Gasteiger partial charge in [-0.3, -0.25) is 10.1 Å². The summed E-state index contributed by atoms with van der Waals surface area (Å²) < 4.78 is 0. The second-order valence-corrected chi connectivity index (χ2v) is 4.90. The molecule has 2 rings (SSSR count). The summed E-state index contributed by atoms with van der Waals surface area (Å²) in [5.74, 6) is 2.12. The second kappa shape index (κ2) is 4.36. The predicted molar refractivity (Wildman–Crippen MR) is 59.2 cm³/mol. The molecule has 0 aromatic rings. The molecule has 0 aromatic carbocycles. The minimum atomic E-state index is 0.0610. The topological polar surface area (TPSA) is 32.3 Å². The summed E-state index contributed by atoms with van der Waals surface area (Å²) in [5, 5.41) is 3.22. The highest BCUT2D eigenvalue weighted by molar-refractivity contribution is 7.99. The highest BCUT2D eigenvalue weighted by Crippen LogP contribution is 2.15. The summed E-state index contributed by atoms with van der Waals surface area (Å²) in [4.78, 5) is 13.9. The molecular formula is C10H16N2OS. The average molecular weight is 212 g/mol. The molecule has 1 saturated heterocycles. The lowest BCUT2D eigenvalue weighted by atomic mass is 10.1. The molecule has 78 valence electrons. The normalized spacial score (nSPS) is 27.6. The second-order valence-electron chi connectivity index (χ2n) is 3.87. The number of carbonyl (C=O) groups excluding carboxylic acids is 1. The lowest BCUT2D eigenvalue weighted by Crippen LogP contribution is -2.46. The third-order valence-corrected chi connectivity index (χ3v) is 3.60. The van der Waals surface area contributed by atoms with Gasteiger partial charge in [0.15, 0.2) is 0 Å². The largest absolute Gasteiger partial charge is 0.337 e. The Hall–Kier alpha value is -0.480. The Balaban J connectivity index is 1.94. The monoisotopic (exact) mass is 212 g/mol. The van der Waals surface area contributed by atoms with Crippen molar-refractivity contribution in [2.75, 3.05) is 24.7 Å². The molecule has 3 nitrogen and oxygen atoms in total. The zero-order valence-electron chi connectivity index (χ0n) is 8.45. The van der Waals surface area contributed by atoms with Crippen molar-refractivity contribution in [2.24, 2.45) is 0 Å². The maximum absolute atomic E-state index is 12.0. The van der Waals surface area contributed by atoms with Crippen molar-refractivity contribution >= 4 is 17.7 Å². The number of amides is 1. The van der Waals surface area contributed by atoms with E-state index in [9.17, 15) is 4.79 Å². The number of nitrogens with zero attached hydrogens (tertiary/aromatic N) is 1. The van der Waals surface area contributed by atoms with E-state index in [1.807, 2.05) is 4.90 Å². The molecule has 0 radical (unpaired) electrons. The smallest absolute Gasteiger partial charge is 0.240 e. The van der Waals surface area contributed by atoms with Crippen LogP contribution in [0.5, 0.6) is 0 Å². The molecular weight excluding hydrogens is 196 g/mol. The molecule has 0 spiro atoms. The Kier molecular flexibility index (Phi) is 3.13. The maximum atomic E-state index is 12.0. The fraction of sp³-hybridized carbons (Fsp3) is 0.700. The van der Waals surface area contributed by atoms with E-state index in [-0.39, 0.29) is 11.9 Å². The Bertz CT molecular complexity index is 259. The lowest BCUT2D eigenvalue weighted by molar-refractivity contribution is -0.132. The fourth-order valence-electron chi connectivity index (χ4n) is 1.87. The Morgan fingerprint density at radius 2 is 2.57 bits per heavy atom. The average Bonchev–Trinajstić information content (AvgIpc) is 2.69. The standard InChI is InChI=1S/C10H16N2OS/c1-8-3-2-4-12(5-8)10(13)9-6-14-7-11-9/h3,9,11H,2,4-7H2,1H3. The molecule has 0 saturated carbocycles. The molecule has 1 fully saturated rings. The molecule has 2 aliphatic heterocycles. The first-order valence-electron chi connectivity index (χ1n) is 5.03. The highest BCUT2D eigenvalue weighted by atomic mass is 32.2. The first-order valence-corrected chi connectivity index (χ1v) is 6.18. The molecule has 1 atom stereocenters. The number of thioether (sulfide) groups is 1. The number of rotatable bonds is 1. The van der Waals surface area contributed by atoms with Crippen LogP contribution >= 0.6 is 11.8 Å². The van der Waals surface area contributed by atoms with Gasteiger partial charge in [-0.1, -0.05) is 11.6 Å². The molecule has 2 aliphatic rings. The zero-order valence-corrected chi connectivity index (χ0v) is 9.27. The summed E-state index contributed by atoms with van der Waals surface area (Å²) >= 11 is 1.80. The Morgan fingerprint density at radius 3 is 3.21 bits per heavy atom. The Morgan fingerprint density at radius 1 is 1.71 bits per heavy atom. The van der Waals surface area contributed by atoms with Crippen LogP contribution in [-0.4, -0.2) is 41.6 Å². The van der Waals surface area contributed by atoms with Gasteiger partial charge < -0.3 is 4.90 Å². The van der Waals surface area contributed by atoms with Crippen LogP contribution in [0.1, 0.15) is 13.3 Å². The number of carbonyl (C=O) groups is 1. The molecule has 1 unspecified atom stereocenters. The lowest BCUT2D eigenvalue weighted by Gasteiger charge is -2.28. The zero-order chi connectivity index (χ0) is 9.97. The predicted octanol–water partition coefficient (Wildman–Crippen LogP) is 0.827. The van der Waals surface area contributed by atoms with Gasteiger partial charge >= 0.3 is 0 Å². The van der Waals surface area contributed by atoms with Crippen molar-refractivity contribution in [1.82, 2.24) is 10.2 Å². The van der Waals surface area contributed by atoms with E-state index < -0.39 is 0 Å².